The summed E-state index contributed by atoms with van der Waals surface area (Å²) in [6.07, 6.45) is 0. The Bertz CT molecular complexity index is 687. The maximum atomic E-state index is 11.9. The Balaban J connectivity index is 1.81. The Kier molecular flexibility index (Phi) is 5.08. The van der Waals surface area contributed by atoms with Crippen LogP contribution in [-0.2, 0) is 19.1 Å². The molecule has 0 atom stereocenters. The zero-order chi connectivity index (χ0) is 17.9. The van der Waals surface area contributed by atoms with Gasteiger partial charge < -0.3 is 15.4 Å². The zero-order valence-corrected chi connectivity index (χ0v) is 13.8. The van der Waals surface area contributed by atoms with Crippen molar-refractivity contribution in [3.05, 3.63) is 29.3 Å². The lowest BCUT2D eigenvalue weighted by Gasteiger charge is -2.15. The van der Waals surface area contributed by atoms with Crippen molar-refractivity contribution in [1.82, 2.24) is 10.2 Å². The SMILES string of the molecule is CC1(C)NC(=O)N(CC(=O)OCC(=O)Nc2ccc(Cl)cc2)C1=O. The van der Waals surface area contributed by atoms with Crippen LogP contribution in [0.15, 0.2) is 24.3 Å². The topological polar surface area (TPSA) is 105 Å². The van der Waals surface area contributed by atoms with Gasteiger partial charge in [0.2, 0.25) is 0 Å². The molecule has 4 amide bonds. The first-order chi connectivity index (χ1) is 11.2. The van der Waals surface area contributed by atoms with Crippen molar-refractivity contribution in [3.8, 4) is 0 Å². The van der Waals surface area contributed by atoms with Crippen LogP contribution >= 0.6 is 11.6 Å². The smallest absolute Gasteiger partial charge is 0.326 e. The van der Waals surface area contributed by atoms with E-state index in [0.717, 1.165) is 4.90 Å². The van der Waals surface area contributed by atoms with Crippen LogP contribution < -0.4 is 10.6 Å². The van der Waals surface area contributed by atoms with Gasteiger partial charge in [-0.25, -0.2) is 4.79 Å². The summed E-state index contributed by atoms with van der Waals surface area (Å²) in [5, 5.41) is 5.48. The molecular weight excluding hydrogens is 338 g/mol. The summed E-state index contributed by atoms with van der Waals surface area (Å²) < 4.78 is 4.78. The molecule has 0 spiro atoms. The predicted molar refractivity (Wildman–Crippen MR) is 85.4 cm³/mol. The molecule has 0 saturated carbocycles. The molecule has 1 saturated heterocycles. The second kappa shape index (κ2) is 6.88. The summed E-state index contributed by atoms with van der Waals surface area (Å²) in [5.41, 5.74) is -0.570. The number of urea groups is 1. The molecule has 0 radical (unpaired) electrons. The van der Waals surface area contributed by atoms with Crippen LogP contribution in [0.2, 0.25) is 5.02 Å². The van der Waals surface area contributed by atoms with Gasteiger partial charge in [-0.05, 0) is 38.1 Å². The van der Waals surface area contributed by atoms with Crippen LogP contribution in [0.1, 0.15) is 13.8 Å². The minimum absolute atomic E-state index is 0.497. The number of carbonyl (C=O) groups is 4. The fourth-order valence-electron chi connectivity index (χ4n) is 2.01. The highest BCUT2D eigenvalue weighted by atomic mass is 35.5. The fraction of sp³-hybridized carbons (Fsp3) is 0.333. The first-order valence-corrected chi connectivity index (χ1v) is 7.42. The molecule has 128 valence electrons. The molecule has 0 aromatic heterocycles. The predicted octanol–water partition coefficient (Wildman–Crippen LogP) is 1.15. The normalized spacial score (nSPS) is 15.9. The minimum atomic E-state index is -1.07. The molecule has 24 heavy (non-hydrogen) atoms. The Hall–Kier alpha value is -2.61. The van der Waals surface area contributed by atoms with Crippen LogP contribution in [0.4, 0.5) is 10.5 Å². The van der Waals surface area contributed by atoms with E-state index in [1.165, 1.54) is 13.8 Å². The largest absolute Gasteiger partial charge is 0.454 e. The number of imide groups is 1. The van der Waals surface area contributed by atoms with Crippen LogP contribution in [-0.4, -0.2) is 47.4 Å². The van der Waals surface area contributed by atoms with E-state index in [1.54, 1.807) is 24.3 Å². The summed E-state index contributed by atoms with van der Waals surface area (Å²) >= 11 is 5.73. The fourth-order valence-corrected chi connectivity index (χ4v) is 2.14. The van der Waals surface area contributed by atoms with Gasteiger partial charge in [-0.3, -0.25) is 19.3 Å². The number of nitrogens with one attached hydrogen (secondary N) is 2. The van der Waals surface area contributed by atoms with Gasteiger partial charge in [0, 0.05) is 10.7 Å². The number of halogens is 1. The maximum absolute atomic E-state index is 11.9. The van der Waals surface area contributed by atoms with Crippen molar-refractivity contribution in [2.75, 3.05) is 18.5 Å². The highest BCUT2D eigenvalue weighted by Gasteiger charge is 2.45. The summed E-state index contributed by atoms with van der Waals surface area (Å²) in [6, 6.07) is 5.72. The molecule has 0 unspecified atom stereocenters. The van der Waals surface area contributed by atoms with Gasteiger partial charge in [-0.1, -0.05) is 11.6 Å². The molecule has 8 nitrogen and oxygen atoms in total. The minimum Gasteiger partial charge on any atom is -0.454 e. The van der Waals surface area contributed by atoms with Crippen LogP contribution in [0.25, 0.3) is 0 Å². The number of ether oxygens (including phenoxy) is 1. The molecule has 2 N–H and O–H groups in total. The number of nitrogens with zero attached hydrogens (tertiary/aromatic N) is 1. The van der Waals surface area contributed by atoms with E-state index in [1.807, 2.05) is 0 Å². The molecule has 1 aromatic carbocycles. The van der Waals surface area contributed by atoms with Gasteiger partial charge in [0.15, 0.2) is 6.61 Å². The third kappa shape index (κ3) is 4.23. The van der Waals surface area contributed by atoms with E-state index >= 15 is 0 Å². The molecule has 0 bridgehead atoms. The van der Waals surface area contributed by atoms with E-state index in [4.69, 9.17) is 16.3 Å². The second-order valence-corrected chi connectivity index (χ2v) is 6.10. The molecule has 2 rings (SSSR count). The standard InChI is InChI=1S/C15H16ClN3O5/c1-15(2)13(22)19(14(23)18-15)7-12(21)24-8-11(20)17-10-5-3-9(16)4-6-10/h3-6H,7-8H2,1-2H3,(H,17,20)(H,18,23). The molecule has 1 heterocycles. The summed E-state index contributed by atoms with van der Waals surface area (Å²) in [5.74, 6) is -1.94. The number of anilines is 1. The summed E-state index contributed by atoms with van der Waals surface area (Å²) in [4.78, 5) is 47.7. The number of benzene rings is 1. The zero-order valence-electron chi connectivity index (χ0n) is 13.1. The Morgan fingerprint density at radius 3 is 2.42 bits per heavy atom. The van der Waals surface area contributed by atoms with E-state index in [-0.39, 0.29) is 0 Å². The third-order valence-electron chi connectivity index (χ3n) is 3.22. The number of carbonyl (C=O) groups excluding carboxylic acids is 4. The maximum Gasteiger partial charge on any atom is 0.326 e. The summed E-state index contributed by atoms with van der Waals surface area (Å²) in [6.45, 7) is 1.97. The van der Waals surface area contributed by atoms with E-state index in [9.17, 15) is 19.2 Å². The van der Waals surface area contributed by atoms with Crippen molar-refractivity contribution >= 4 is 41.1 Å². The molecule has 1 aliphatic heterocycles. The lowest BCUT2D eigenvalue weighted by Crippen LogP contribution is -2.41. The highest BCUT2D eigenvalue weighted by Crippen LogP contribution is 2.16. The summed E-state index contributed by atoms with van der Waals surface area (Å²) in [7, 11) is 0. The highest BCUT2D eigenvalue weighted by molar-refractivity contribution is 6.30. The molecule has 9 heteroatoms. The lowest BCUT2D eigenvalue weighted by molar-refractivity contribution is -0.150. The van der Waals surface area contributed by atoms with Crippen LogP contribution in [0, 0.1) is 0 Å². The van der Waals surface area contributed by atoms with Gasteiger partial charge in [-0.15, -0.1) is 0 Å². The molecule has 1 fully saturated rings. The van der Waals surface area contributed by atoms with Crippen molar-refractivity contribution in [3.63, 3.8) is 0 Å². The van der Waals surface area contributed by atoms with Gasteiger partial charge in [-0.2, -0.15) is 0 Å². The van der Waals surface area contributed by atoms with Gasteiger partial charge in [0.1, 0.15) is 12.1 Å². The first-order valence-electron chi connectivity index (χ1n) is 7.04. The van der Waals surface area contributed by atoms with E-state index in [0.29, 0.717) is 10.7 Å². The van der Waals surface area contributed by atoms with Crippen LogP contribution in [0.5, 0.6) is 0 Å². The molecule has 0 aliphatic carbocycles. The molecular formula is C15H16ClN3O5. The Morgan fingerprint density at radius 2 is 1.88 bits per heavy atom. The lowest BCUT2D eigenvalue weighted by atomic mass is 10.1. The molecule has 1 aromatic rings. The number of esters is 1. The number of amides is 4. The van der Waals surface area contributed by atoms with Gasteiger partial charge in [0.05, 0.1) is 0 Å². The number of rotatable bonds is 5. The van der Waals surface area contributed by atoms with Gasteiger partial charge >= 0.3 is 12.0 Å². The number of hydrogen-bond acceptors (Lipinski definition) is 5. The van der Waals surface area contributed by atoms with Crippen LogP contribution in [0.3, 0.4) is 0 Å². The first kappa shape index (κ1) is 17.7. The van der Waals surface area contributed by atoms with Crippen molar-refractivity contribution in [2.45, 2.75) is 19.4 Å². The average Bonchev–Trinajstić information content (AvgIpc) is 2.69. The quantitative estimate of drug-likeness (QED) is 0.610. The van der Waals surface area contributed by atoms with E-state index < -0.39 is 42.5 Å². The monoisotopic (exact) mass is 353 g/mol. The van der Waals surface area contributed by atoms with Gasteiger partial charge in [0.25, 0.3) is 11.8 Å². The Morgan fingerprint density at radius 1 is 1.25 bits per heavy atom. The third-order valence-corrected chi connectivity index (χ3v) is 3.48. The molecule has 1 aliphatic rings. The van der Waals surface area contributed by atoms with Crippen molar-refractivity contribution in [1.29, 1.82) is 0 Å². The van der Waals surface area contributed by atoms with Crippen molar-refractivity contribution in [2.24, 2.45) is 0 Å². The number of hydrogen-bond donors (Lipinski definition) is 2. The second-order valence-electron chi connectivity index (χ2n) is 5.66. The Labute approximate surface area is 143 Å². The van der Waals surface area contributed by atoms with Crippen molar-refractivity contribution < 1.29 is 23.9 Å². The average molecular weight is 354 g/mol. The van der Waals surface area contributed by atoms with E-state index in [2.05, 4.69) is 10.6 Å².